The van der Waals surface area contributed by atoms with Crippen molar-refractivity contribution in [2.45, 2.75) is 46.3 Å². The molecule has 0 aromatic heterocycles. The average molecular weight is 496 g/mol. The Hall–Kier alpha value is -3.87. The molecule has 0 bridgehead atoms. The zero-order chi connectivity index (χ0) is 26.1. The summed E-state index contributed by atoms with van der Waals surface area (Å²) in [4.78, 5) is 12.3. The van der Waals surface area contributed by atoms with Crippen LogP contribution >= 0.6 is 0 Å². The SMILES string of the molecule is CCOc1cc(C=CC(=O)Nc2ccccc2OC(F)F)ccc1OCc1ccc(C(C)(C)C)cc1. The fraction of sp³-hybridized carbons (Fsp3) is 0.276. The number of nitrogens with one attached hydrogen (secondary N) is 1. The molecule has 190 valence electrons. The van der Waals surface area contributed by atoms with Gasteiger partial charge in [0.2, 0.25) is 5.91 Å². The van der Waals surface area contributed by atoms with Crippen molar-refractivity contribution in [1.82, 2.24) is 0 Å². The van der Waals surface area contributed by atoms with Crippen LogP contribution < -0.4 is 19.5 Å². The van der Waals surface area contributed by atoms with E-state index in [0.29, 0.717) is 30.3 Å². The van der Waals surface area contributed by atoms with E-state index in [4.69, 9.17) is 9.47 Å². The van der Waals surface area contributed by atoms with E-state index in [1.165, 1.54) is 23.8 Å². The van der Waals surface area contributed by atoms with Crippen LogP contribution in [0.15, 0.2) is 72.8 Å². The van der Waals surface area contributed by atoms with Crippen molar-refractivity contribution in [3.63, 3.8) is 0 Å². The Morgan fingerprint density at radius 2 is 1.67 bits per heavy atom. The second kappa shape index (κ2) is 12.2. The summed E-state index contributed by atoms with van der Waals surface area (Å²) in [6.07, 6.45) is 2.91. The standard InChI is InChI=1S/C29H31F2NO4/c1-5-34-26-18-20(13-17-27(33)32-23-8-6-7-9-24(23)36-28(30)31)12-16-25(26)35-19-21-10-14-22(15-11-21)29(2,3)4/h6-18,28H,5,19H2,1-4H3,(H,32,33). The molecule has 1 N–H and O–H groups in total. The molecule has 0 saturated heterocycles. The molecule has 0 unspecified atom stereocenters. The van der Waals surface area contributed by atoms with Gasteiger partial charge in [-0.2, -0.15) is 8.78 Å². The van der Waals surface area contributed by atoms with Gasteiger partial charge in [-0.25, -0.2) is 0 Å². The van der Waals surface area contributed by atoms with Crippen LogP contribution in [-0.2, 0) is 16.8 Å². The van der Waals surface area contributed by atoms with Crippen LogP contribution in [0.5, 0.6) is 17.2 Å². The summed E-state index contributed by atoms with van der Waals surface area (Å²) in [5.41, 5.74) is 3.26. The molecule has 5 nitrogen and oxygen atoms in total. The number of hydrogen-bond acceptors (Lipinski definition) is 4. The maximum atomic E-state index is 12.6. The van der Waals surface area contributed by atoms with Crippen molar-refractivity contribution < 1.29 is 27.8 Å². The maximum Gasteiger partial charge on any atom is 0.387 e. The van der Waals surface area contributed by atoms with E-state index in [0.717, 1.165) is 5.56 Å². The molecule has 1 amide bonds. The van der Waals surface area contributed by atoms with Gasteiger partial charge in [-0.1, -0.05) is 63.2 Å². The van der Waals surface area contributed by atoms with Gasteiger partial charge in [0, 0.05) is 6.08 Å². The quantitative estimate of drug-likeness (QED) is 0.302. The predicted molar refractivity (Wildman–Crippen MR) is 138 cm³/mol. The monoisotopic (exact) mass is 495 g/mol. The van der Waals surface area contributed by atoms with Crippen molar-refractivity contribution in [2.75, 3.05) is 11.9 Å². The van der Waals surface area contributed by atoms with Gasteiger partial charge in [-0.3, -0.25) is 4.79 Å². The van der Waals surface area contributed by atoms with Gasteiger partial charge in [-0.05, 0) is 59.4 Å². The van der Waals surface area contributed by atoms with Crippen LogP contribution in [0, 0.1) is 0 Å². The van der Waals surface area contributed by atoms with Crippen molar-refractivity contribution in [3.8, 4) is 17.2 Å². The molecular weight excluding hydrogens is 464 g/mol. The molecular formula is C29H31F2NO4. The second-order valence-corrected chi connectivity index (χ2v) is 9.07. The highest BCUT2D eigenvalue weighted by molar-refractivity contribution is 6.02. The van der Waals surface area contributed by atoms with E-state index in [1.54, 1.807) is 36.4 Å². The van der Waals surface area contributed by atoms with Crippen molar-refractivity contribution in [3.05, 3.63) is 89.5 Å². The number of halogens is 2. The topological polar surface area (TPSA) is 56.8 Å². The number of hydrogen-bond donors (Lipinski definition) is 1. The van der Waals surface area contributed by atoms with Crippen LogP contribution in [-0.4, -0.2) is 19.1 Å². The maximum absolute atomic E-state index is 12.6. The summed E-state index contributed by atoms with van der Waals surface area (Å²) < 4.78 is 41.3. The number of para-hydroxylation sites is 2. The van der Waals surface area contributed by atoms with Gasteiger partial charge in [0.25, 0.3) is 0 Å². The first-order valence-corrected chi connectivity index (χ1v) is 11.7. The lowest BCUT2D eigenvalue weighted by Crippen LogP contribution is -2.11. The molecule has 36 heavy (non-hydrogen) atoms. The largest absolute Gasteiger partial charge is 0.490 e. The zero-order valence-corrected chi connectivity index (χ0v) is 20.9. The first-order chi connectivity index (χ1) is 17.2. The lowest BCUT2D eigenvalue weighted by molar-refractivity contribution is -0.111. The zero-order valence-electron chi connectivity index (χ0n) is 20.9. The van der Waals surface area contributed by atoms with Gasteiger partial charge >= 0.3 is 6.61 Å². The van der Waals surface area contributed by atoms with Gasteiger partial charge < -0.3 is 19.5 Å². The lowest BCUT2D eigenvalue weighted by atomic mass is 9.87. The minimum Gasteiger partial charge on any atom is -0.490 e. The molecule has 0 radical (unpaired) electrons. The Balaban J connectivity index is 1.66. The second-order valence-electron chi connectivity index (χ2n) is 9.07. The summed E-state index contributed by atoms with van der Waals surface area (Å²) in [7, 11) is 0. The molecule has 0 aliphatic heterocycles. The minimum absolute atomic E-state index is 0.0881. The Kier molecular flexibility index (Phi) is 9.06. The van der Waals surface area contributed by atoms with Crippen molar-refractivity contribution >= 4 is 17.7 Å². The van der Waals surface area contributed by atoms with Gasteiger partial charge in [0.15, 0.2) is 11.5 Å². The highest BCUT2D eigenvalue weighted by atomic mass is 19.3. The number of anilines is 1. The van der Waals surface area contributed by atoms with Crippen LogP contribution in [0.3, 0.4) is 0 Å². The van der Waals surface area contributed by atoms with E-state index in [-0.39, 0.29) is 16.9 Å². The third kappa shape index (κ3) is 7.83. The van der Waals surface area contributed by atoms with Gasteiger partial charge in [-0.15, -0.1) is 0 Å². The molecule has 7 heteroatoms. The number of carbonyl (C=O) groups excluding carboxylic acids is 1. The Bertz CT molecular complexity index is 1180. The van der Waals surface area contributed by atoms with Crippen LogP contribution in [0.2, 0.25) is 0 Å². The van der Waals surface area contributed by atoms with Crippen LogP contribution in [0.1, 0.15) is 44.4 Å². The predicted octanol–water partition coefficient (Wildman–Crippen LogP) is 7.22. The number of carbonyl (C=O) groups is 1. The molecule has 0 fully saturated rings. The lowest BCUT2D eigenvalue weighted by Gasteiger charge is -2.19. The normalized spacial score (nSPS) is 11.5. The van der Waals surface area contributed by atoms with Crippen molar-refractivity contribution in [2.24, 2.45) is 0 Å². The summed E-state index contributed by atoms with van der Waals surface area (Å²) in [5, 5.41) is 2.55. The van der Waals surface area contributed by atoms with Gasteiger partial charge in [0.1, 0.15) is 12.4 Å². The number of ether oxygens (including phenoxy) is 3. The van der Waals surface area contributed by atoms with E-state index >= 15 is 0 Å². The molecule has 3 rings (SSSR count). The fourth-order valence-corrected chi connectivity index (χ4v) is 3.39. The van der Waals surface area contributed by atoms with Crippen LogP contribution in [0.4, 0.5) is 14.5 Å². The van der Waals surface area contributed by atoms with E-state index in [2.05, 4.69) is 55.1 Å². The Morgan fingerprint density at radius 3 is 2.33 bits per heavy atom. The summed E-state index contributed by atoms with van der Waals surface area (Å²) >= 11 is 0. The first-order valence-electron chi connectivity index (χ1n) is 11.7. The Morgan fingerprint density at radius 1 is 0.944 bits per heavy atom. The first kappa shape index (κ1) is 26.7. The molecule has 0 atom stereocenters. The molecule has 0 heterocycles. The third-order valence-corrected chi connectivity index (χ3v) is 5.27. The number of rotatable bonds is 10. The molecule has 0 saturated carbocycles. The molecule has 0 aliphatic carbocycles. The highest BCUT2D eigenvalue weighted by Crippen LogP contribution is 2.30. The Labute approximate surface area is 210 Å². The smallest absolute Gasteiger partial charge is 0.387 e. The summed E-state index contributed by atoms with van der Waals surface area (Å²) in [6.45, 7) is 6.25. The number of benzene rings is 3. The average Bonchev–Trinajstić information content (AvgIpc) is 2.83. The van der Waals surface area contributed by atoms with Crippen molar-refractivity contribution in [1.29, 1.82) is 0 Å². The molecule has 0 aliphatic rings. The molecule has 3 aromatic carbocycles. The molecule has 0 spiro atoms. The fourth-order valence-electron chi connectivity index (χ4n) is 3.39. The third-order valence-electron chi connectivity index (χ3n) is 5.27. The van der Waals surface area contributed by atoms with E-state index in [9.17, 15) is 13.6 Å². The van der Waals surface area contributed by atoms with E-state index in [1.807, 2.05) is 6.92 Å². The summed E-state index contributed by atoms with van der Waals surface area (Å²) in [6, 6.07) is 19.7. The number of amides is 1. The molecule has 3 aromatic rings. The minimum atomic E-state index is -2.99. The van der Waals surface area contributed by atoms with Crippen LogP contribution in [0.25, 0.3) is 6.08 Å². The van der Waals surface area contributed by atoms with Gasteiger partial charge in [0.05, 0.1) is 12.3 Å². The summed E-state index contributed by atoms with van der Waals surface area (Å²) in [5.74, 6) is 0.554. The van der Waals surface area contributed by atoms with E-state index < -0.39 is 12.5 Å². The highest BCUT2D eigenvalue weighted by Gasteiger charge is 2.14. The number of alkyl halides is 2.